The molecule has 1 fully saturated rings. The molecule has 2 atom stereocenters. The molecule has 128 valence electrons. The second kappa shape index (κ2) is 8.06. The molecular formula is C16H23NO4S2. The van der Waals surface area contributed by atoms with Crippen molar-refractivity contribution in [1.82, 2.24) is 5.32 Å². The molecule has 23 heavy (non-hydrogen) atoms. The van der Waals surface area contributed by atoms with Gasteiger partial charge in [0.05, 0.1) is 29.9 Å². The van der Waals surface area contributed by atoms with Gasteiger partial charge in [-0.1, -0.05) is 12.1 Å². The van der Waals surface area contributed by atoms with Gasteiger partial charge < -0.3 is 10.1 Å². The zero-order chi connectivity index (χ0) is 16.9. The van der Waals surface area contributed by atoms with E-state index in [-0.39, 0.29) is 34.5 Å². The average Bonchev–Trinajstić information content (AvgIpc) is 2.85. The van der Waals surface area contributed by atoms with E-state index in [4.69, 9.17) is 4.74 Å². The third-order valence-electron chi connectivity index (χ3n) is 3.69. The number of nitrogens with one attached hydrogen (secondary N) is 1. The van der Waals surface area contributed by atoms with E-state index in [1.807, 2.05) is 38.1 Å². The molecule has 1 amide bonds. The molecule has 1 aliphatic heterocycles. The highest BCUT2D eigenvalue weighted by molar-refractivity contribution is 8.02. The molecule has 5 nitrogen and oxygen atoms in total. The maximum Gasteiger partial charge on any atom is 0.230 e. The van der Waals surface area contributed by atoms with Gasteiger partial charge in [0, 0.05) is 5.25 Å². The standard InChI is InChI=1S/C16H23NO4S2/c1-3-21-14-6-4-5-13(9-14)12(2)17-16(18)10-22-15-7-8-23(19,20)11-15/h4-6,9,12,15H,3,7-8,10-11H2,1-2H3,(H,17,18)/t12-,15+/m0/s1. The molecule has 0 radical (unpaired) electrons. The number of rotatable bonds is 7. The number of hydrogen-bond donors (Lipinski definition) is 1. The van der Waals surface area contributed by atoms with Crippen LogP contribution in [0.15, 0.2) is 24.3 Å². The third kappa shape index (κ3) is 5.73. The fraction of sp³-hybridized carbons (Fsp3) is 0.562. The summed E-state index contributed by atoms with van der Waals surface area (Å²) in [6, 6.07) is 7.55. The van der Waals surface area contributed by atoms with E-state index < -0.39 is 9.84 Å². The molecule has 0 bridgehead atoms. The summed E-state index contributed by atoms with van der Waals surface area (Å²) in [5.74, 6) is 1.43. The molecule has 0 spiro atoms. The Balaban J connectivity index is 1.81. The number of ether oxygens (including phenoxy) is 1. The molecule has 1 heterocycles. The van der Waals surface area contributed by atoms with Crippen molar-refractivity contribution in [3.05, 3.63) is 29.8 Å². The molecule has 0 saturated carbocycles. The van der Waals surface area contributed by atoms with Crippen LogP contribution in [-0.4, -0.2) is 43.4 Å². The molecule has 0 aromatic heterocycles. The Morgan fingerprint density at radius 2 is 2.26 bits per heavy atom. The fourth-order valence-electron chi connectivity index (χ4n) is 2.49. The van der Waals surface area contributed by atoms with Crippen molar-refractivity contribution in [3.8, 4) is 5.75 Å². The van der Waals surface area contributed by atoms with Crippen LogP contribution in [0.2, 0.25) is 0 Å². The maximum atomic E-state index is 12.0. The minimum Gasteiger partial charge on any atom is -0.494 e. The van der Waals surface area contributed by atoms with Crippen LogP contribution < -0.4 is 10.1 Å². The summed E-state index contributed by atoms with van der Waals surface area (Å²) in [7, 11) is -2.89. The molecule has 0 aliphatic carbocycles. The lowest BCUT2D eigenvalue weighted by atomic mass is 10.1. The number of benzene rings is 1. The van der Waals surface area contributed by atoms with Crippen molar-refractivity contribution in [1.29, 1.82) is 0 Å². The number of thioether (sulfide) groups is 1. The van der Waals surface area contributed by atoms with E-state index >= 15 is 0 Å². The number of hydrogen-bond acceptors (Lipinski definition) is 5. The molecule has 1 aromatic rings. The molecule has 1 N–H and O–H groups in total. The van der Waals surface area contributed by atoms with E-state index in [0.717, 1.165) is 11.3 Å². The van der Waals surface area contributed by atoms with Crippen LogP contribution in [-0.2, 0) is 14.6 Å². The summed E-state index contributed by atoms with van der Waals surface area (Å²) < 4.78 is 28.3. The molecule has 1 saturated heterocycles. The summed E-state index contributed by atoms with van der Waals surface area (Å²) in [6.07, 6.45) is 0.645. The summed E-state index contributed by atoms with van der Waals surface area (Å²) >= 11 is 1.43. The zero-order valence-electron chi connectivity index (χ0n) is 13.4. The number of carbonyl (C=O) groups is 1. The Morgan fingerprint density at radius 3 is 2.91 bits per heavy atom. The first-order valence-electron chi connectivity index (χ1n) is 7.74. The highest BCUT2D eigenvalue weighted by Gasteiger charge is 2.28. The predicted molar refractivity (Wildman–Crippen MR) is 93.7 cm³/mol. The lowest BCUT2D eigenvalue weighted by Crippen LogP contribution is -2.29. The Kier molecular flexibility index (Phi) is 6.35. The lowest BCUT2D eigenvalue weighted by molar-refractivity contribution is -0.119. The number of amides is 1. The van der Waals surface area contributed by atoms with Gasteiger partial charge in [0.25, 0.3) is 0 Å². The smallest absolute Gasteiger partial charge is 0.230 e. The van der Waals surface area contributed by atoms with Crippen molar-refractivity contribution in [2.45, 2.75) is 31.6 Å². The van der Waals surface area contributed by atoms with Crippen molar-refractivity contribution < 1.29 is 17.9 Å². The first-order chi connectivity index (χ1) is 10.9. The summed E-state index contributed by atoms with van der Waals surface area (Å²) in [5.41, 5.74) is 0.984. The topological polar surface area (TPSA) is 72.5 Å². The normalized spacial score (nSPS) is 20.9. The van der Waals surface area contributed by atoms with Crippen LogP contribution in [0.5, 0.6) is 5.75 Å². The lowest BCUT2D eigenvalue weighted by Gasteiger charge is -2.16. The van der Waals surface area contributed by atoms with Crippen molar-refractivity contribution in [3.63, 3.8) is 0 Å². The predicted octanol–water partition coefficient (Wildman–Crippen LogP) is 2.18. The van der Waals surface area contributed by atoms with Crippen molar-refractivity contribution >= 4 is 27.5 Å². The summed E-state index contributed by atoms with van der Waals surface area (Å²) in [6.45, 7) is 4.46. The Bertz CT molecular complexity index is 645. The van der Waals surface area contributed by atoms with Gasteiger partial charge in [0.1, 0.15) is 5.75 Å². The van der Waals surface area contributed by atoms with Gasteiger partial charge in [-0.2, -0.15) is 0 Å². The summed E-state index contributed by atoms with van der Waals surface area (Å²) in [4.78, 5) is 12.0. The fourth-order valence-corrected chi connectivity index (χ4v) is 5.95. The molecule has 1 aliphatic rings. The van der Waals surface area contributed by atoms with Crippen molar-refractivity contribution in [2.24, 2.45) is 0 Å². The van der Waals surface area contributed by atoms with Crippen LogP contribution in [0, 0.1) is 0 Å². The monoisotopic (exact) mass is 357 g/mol. The van der Waals surface area contributed by atoms with E-state index in [9.17, 15) is 13.2 Å². The van der Waals surface area contributed by atoms with Gasteiger partial charge >= 0.3 is 0 Å². The Morgan fingerprint density at radius 1 is 1.48 bits per heavy atom. The molecule has 7 heteroatoms. The van der Waals surface area contributed by atoms with Crippen LogP contribution in [0.4, 0.5) is 0 Å². The first kappa shape index (κ1) is 18.1. The van der Waals surface area contributed by atoms with E-state index in [0.29, 0.717) is 13.0 Å². The second-order valence-corrected chi connectivity index (χ2v) is 9.15. The van der Waals surface area contributed by atoms with Crippen LogP contribution >= 0.6 is 11.8 Å². The third-order valence-corrected chi connectivity index (χ3v) is 6.97. The molecule has 1 aromatic carbocycles. The minimum atomic E-state index is -2.89. The van der Waals surface area contributed by atoms with Crippen LogP contribution in [0.25, 0.3) is 0 Å². The quantitative estimate of drug-likeness (QED) is 0.810. The second-order valence-electron chi connectivity index (χ2n) is 5.63. The first-order valence-corrected chi connectivity index (χ1v) is 10.6. The van der Waals surface area contributed by atoms with E-state index in [2.05, 4.69) is 5.32 Å². The maximum absolute atomic E-state index is 12.0. The minimum absolute atomic E-state index is 0.0438. The summed E-state index contributed by atoms with van der Waals surface area (Å²) in [5, 5.41) is 2.99. The zero-order valence-corrected chi connectivity index (χ0v) is 15.1. The van der Waals surface area contributed by atoms with Crippen molar-refractivity contribution in [2.75, 3.05) is 23.9 Å². The molecule has 0 unspecified atom stereocenters. The van der Waals surface area contributed by atoms with Crippen LogP contribution in [0.1, 0.15) is 31.9 Å². The van der Waals surface area contributed by atoms with Gasteiger partial charge in [-0.3, -0.25) is 4.79 Å². The highest BCUT2D eigenvalue weighted by Crippen LogP contribution is 2.24. The number of sulfone groups is 1. The van der Waals surface area contributed by atoms with E-state index in [1.165, 1.54) is 11.8 Å². The van der Waals surface area contributed by atoms with Gasteiger partial charge in [-0.25, -0.2) is 8.42 Å². The van der Waals surface area contributed by atoms with Gasteiger partial charge in [0.15, 0.2) is 9.84 Å². The highest BCUT2D eigenvalue weighted by atomic mass is 32.2. The SMILES string of the molecule is CCOc1cccc([C@H](C)NC(=O)CS[C@@H]2CCS(=O)(=O)C2)c1. The molecular weight excluding hydrogens is 334 g/mol. The van der Waals surface area contributed by atoms with Crippen LogP contribution in [0.3, 0.4) is 0 Å². The van der Waals surface area contributed by atoms with Gasteiger partial charge in [-0.05, 0) is 38.0 Å². The Hall–Kier alpha value is -1.21. The largest absolute Gasteiger partial charge is 0.494 e. The Labute approximate surface area is 142 Å². The van der Waals surface area contributed by atoms with Gasteiger partial charge in [0.2, 0.25) is 5.91 Å². The molecule has 2 rings (SSSR count). The number of carbonyl (C=O) groups excluding carboxylic acids is 1. The van der Waals surface area contributed by atoms with E-state index in [1.54, 1.807) is 0 Å². The van der Waals surface area contributed by atoms with Gasteiger partial charge in [-0.15, -0.1) is 11.8 Å². The average molecular weight is 357 g/mol.